The number of nitrogens with one attached hydrogen (secondary N) is 1. The molecule has 0 radical (unpaired) electrons. The maximum atomic E-state index is 12.3. The Morgan fingerprint density at radius 3 is 2.36 bits per heavy atom. The first-order valence-electron chi connectivity index (χ1n) is 8.22. The minimum absolute atomic E-state index is 0.147. The molecule has 8 nitrogen and oxygen atoms in total. The lowest BCUT2D eigenvalue weighted by atomic mass is 10.2. The van der Waals surface area contributed by atoms with Crippen LogP contribution in [0.4, 0.5) is 5.69 Å². The molecule has 0 heterocycles. The normalized spacial score (nSPS) is 11.3. The van der Waals surface area contributed by atoms with Gasteiger partial charge >= 0.3 is 0 Å². The second-order valence-corrected chi connectivity index (χ2v) is 7.22. The summed E-state index contributed by atoms with van der Waals surface area (Å²) in [7, 11) is -1.02. The highest BCUT2D eigenvalue weighted by Crippen LogP contribution is 2.29. The molecule has 1 amide bonds. The summed E-state index contributed by atoms with van der Waals surface area (Å²) in [4.78, 5) is 12.1. The lowest BCUT2D eigenvalue weighted by molar-refractivity contribution is -0.118. The van der Waals surface area contributed by atoms with E-state index in [4.69, 9.17) is 19.3 Å². The van der Waals surface area contributed by atoms with Crippen molar-refractivity contribution in [1.82, 2.24) is 0 Å². The van der Waals surface area contributed by atoms with Crippen molar-refractivity contribution >= 4 is 27.7 Å². The number of hydrogen-bond donors (Lipinski definition) is 2. The number of hydrogen-bond acceptors (Lipinski definition) is 6. The monoisotopic (exact) mass is 406 g/mol. The third kappa shape index (κ3) is 5.48. The highest BCUT2D eigenvalue weighted by molar-refractivity contribution is 7.89. The van der Waals surface area contributed by atoms with Crippen LogP contribution in [0.5, 0.6) is 17.2 Å². The molecule has 0 aliphatic rings. The van der Waals surface area contributed by atoms with Crippen molar-refractivity contribution in [2.45, 2.75) is 11.8 Å². The molecule has 0 unspecified atom stereocenters. The first kappa shape index (κ1) is 21.3. The lowest BCUT2D eigenvalue weighted by Gasteiger charge is -2.13. The molecule has 0 spiro atoms. The van der Waals surface area contributed by atoms with Gasteiger partial charge in [-0.3, -0.25) is 4.79 Å². The summed E-state index contributed by atoms with van der Waals surface area (Å²) in [5.41, 5.74) is 1.10. The van der Waals surface area contributed by atoms with Gasteiger partial charge in [0.2, 0.25) is 10.0 Å². The van der Waals surface area contributed by atoms with Crippen molar-refractivity contribution in [1.29, 1.82) is 0 Å². The molecule has 0 aliphatic heterocycles. The summed E-state index contributed by atoms with van der Waals surface area (Å²) in [6.45, 7) is 1.59. The third-order valence-corrected chi connectivity index (χ3v) is 4.59. The van der Waals surface area contributed by atoms with E-state index in [0.29, 0.717) is 11.5 Å². The van der Waals surface area contributed by atoms with Crippen molar-refractivity contribution in [3.05, 3.63) is 48.0 Å². The van der Waals surface area contributed by atoms with Crippen molar-refractivity contribution in [3.8, 4) is 17.2 Å². The van der Waals surface area contributed by atoms with Crippen LogP contribution in [0.25, 0.3) is 6.08 Å². The largest absolute Gasteiger partial charge is 0.495 e. The molecule has 0 aromatic heterocycles. The maximum Gasteiger partial charge on any atom is 0.262 e. The first-order chi connectivity index (χ1) is 13.3. The molecular formula is C19H22N2O6S. The zero-order chi connectivity index (χ0) is 20.7. The van der Waals surface area contributed by atoms with Crippen molar-refractivity contribution in [2.75, 3.05) is 26.1 Å². The SMILES string of the molecule is C/C=C/c1ccc(OCC(=O)Nc2cc(S(N)(=O)=O)ccc2OC)c(OC)c1. The lowest BCUT2D eigenvalue weighted by Crippen LogP contribution is -2.21. The van der Waals surface area contributed by atoms with Gasteiger partial charge in [-0.25, -0.2) is 13.6 Å². The van der Waals surface area contributed by atoms with Crippen LogP contribution in [0.15, 0.2) is 47.4 Å². The van der Waals surface area contributed by atoms with Gasteiger partial charge in [-0.1, -0.05) is 18.2 Å². The number of benzene rings is 2. The fraction of sp³-hybridized carbons (Fsp3) is 0.211. The molecule has 2 aromatic rings. The van der Waals surface area contributed by atoms with Crippen LogP contribution in [0.2, 0.25) is 0 Å². The molecule has 3 N–H and O–H groups in total. The van der Waals surface area contributed by atoms with E-state index in [-0.39, 0.29) is 22.9 Å². The Bertz CT molecular complexity index is 986. The van der Waals surface area contributed by atoms with Gasteiger partial charge in [0.15, 0.2) is 18.1 Å². The Balaban J connectivity index is 2.13. The Hall–Kier alpha value is -3.04. The van der Waals surface area contributed by atoms with Gasteiger partial charge in [0.05, 0.1) is 24.8 Å². The van der Waals surface area contributed by atoms with Crippen LogP contribution in [0, 0.1) is 0 Å². The van der Waals surface area contributed by atoms with E-state index in [2.05, 4.69) is 5.32 Å². The van der Waals surface area contributed by atoms with Gasteiger partial charge in [-0.15, -0.1) is 0 Å². The Morgan fingerprint density at radius 2 is 1.75 bits per heavy atom. The number of carbonyl (C=O) groups is 1. The molecule has 0 atom stereocenters. The second-order valence-electron chi connectivity index (χ2n) is 5.65. The highest BCUT2D eigenvalue weighted by atomic mass is 32.2. The van der Waals surface area contributed by atoms with Crippen LogP contribution in [-0.4, -0.2) is 35.2 Å². The summed E-state index contributed by atoms with van der Waals surface area (Å²) in [5.74, 6) is 0.659. The summed E-state index contributed by atoms with van der Waals surface area (Å²) in [6.07, 6.45) is 3.80. The molecule has 9 heteroatoms. The maximum absolute atomic E-state index is 12.3. The van der Waals surface area contributed by atoms with Crippen LogP contribution < -0.4 is 24.7 Å². The number of rotatable bonds is 8. The second kappa shape index (κ2) is 9.25. The van der Waals surface area contributed by atoms with Gasteiger partial charge in [0.1, 0.15) is 5.75 Å². The summed E-state index contributed by atoms with van der Waals surface area (Å²) >= 11 is 0. The zero-order valence-electron chi connectivity index (χ0n) is 15.8. The van der Waals surface area contributed by atoms with Gasteiger partial charge in [0, 0.05) is 0 Å². The summed E-state index contributed by atoms with van der Waals surface area (Å²) in [6, 6.07) is 9.22. The number of allylic oxidation sites excluding steroid dienone is 1. The number of primary sulfonamides is 1. The average molecular weight is 406 g/mol. The predicted octanol–water partition coefficient (Wildman–Crippen LogP) is 2.40. The average Bonchev–Trinajstić information content (AvgIpc) is 2.66. The van der Waals surface area contributed by atoms with Crippen molar-refractivity contribution in [2.24, 2.45) is 5.14 Å². The molecular weight excluding hydrogens is 384 g/mol. The van der Waals surface area contributed by atoms with Crippen molar-refractivity contribution < 1.29 is 27.4 Å². The smallest absolute Gasteiger partial charge is 0.262 e. The van der Waals surface area contributed by atoms with Crippen LogP contribution in [0.3, 0.4) is 0 Å². The summed E-state index contributed by atoms with van der Waals surface area (Å²) < 4.78 is 38.9. The number of carbonyl (C=O) groups excluding carboxylic acids is 1. The van der Waals surface area contributed by atoms with Crippen LogP contribution in [-0.2, 0) is 14.8 Å². The quantitative estimate of drug-likeness (QED) is 0.695. The Kier molecular flexibility index (Phi) is 7.02. The third-order valence-electron chi connectivity index (χ3n) is 3.68. The van der Waals surface area contributed by atoms with Gasteiger partial charge in [0.25, 0.3) is 5.91 Å². The molecule has 0 bridgehead atoms. The van der Waals surface area contributed by atoms with E-state index in [1.54, 1.807) is 12.1 Å². The fourth-order valence-electron chi connectivity index (χ4n) is 2.39. The van der Waals surface area contributed by atoms with Gasteiger partial charge < -0.3 is 19.5 Å². The minimum Gasteiger partial charge on any atom is -0.495 e. The molecule has 0 fully saturated rings. The molecule has 0 aliphatic carbocycles. The van der Waals surface area contributed by atoms with Gasteiger partial charge in [-0.2, -0.15) is 0 Å². The van der Waals surface area contributed by atoms with E-state index in [0.717, 1.165) is 5.56 Å². The molecule has 0 saturated heterocycles. The zero-order valence-corrected chi connectivity index (χ0v) is 16.6. The minimum atomic E-state index is -3.92. The standard InChI is InChI=1S/C19H22N2O6S/c1-4-5-13-6-8-17(18(10-13)26-3)27-12-19(22)21-15-11-14(28(20,23)24)7-9-16(15)25-2/h4-11H,12H2,1-3H3,(H,21,22)(H2,20,23,24)/b5-4+. The molecule has 150 valence electrons. The van der Waals surface area contributed by atoms with Crippen LogP contribution >= 0.6 is 0 Å². The Labute approximate surface area is 164 Å². The summed E-state index contributed by atoms with van der Waals surface area (Å²) in [5, 5.41) is 7.68. The van der Waals surface area contributed by atoms with E-state index in [9.17, 15) is 13.2 Å². The van der Waals surface area contributed by atoms with Gasteiger partial charge in [-0.05, 0) is 42.8 Å². The Morgan fingerprint density at radius 1 is 1.07 bits per heavy atom. The number of sulfonamides is 1. The topological polar surface area (TPSA) is 117 Å². The van der Waals surface area contributed by atoms with E-state index >= 15 is 0 Å². The molecule has 28 heavy (non-hydrogen) atoms. The number of ether oxygens (including phenoxy) is 3. The number of methoxy groups -OCH3 is 2. The van der Waals surface area contributed by atoms with Crippen LogP contribution in [0.1, 0.15) is 12.5 Å². The number of anilines is 1. The highest BCUT2D eigenvalue weighted by Gasteiger charge is 2.15. The number of nitrogens with two attached hydrogens (primary N) is 1. The van der Waals surface area contributed by atoms with E-state index in [1.807, 2.05) is 25.1 Å². The van der Waals surface area contributed by atoms with E-state index in [1.165, 1.54) is 32.4 Å². The fourth-order valence-corrected chi connectivity index (χ4v) is 2.93. The molecule has 2 aromatic carbocycles. The predicted molar refractivity (Wildman–Crippen MR) is 106 cm³/mol. The molecule has 2 rings (SSSR count). The first-order valence-corrected chi connectivity index (χ1v) is 9.77. The number of amides is 1. The van der Waals surface area contributed by atoms with Crippen molar-refractivity contribution in [3.63, 3.8) is 0 Å². The molecule has 0 saturated carbocycles. The van der Waals surface area contributed by atoms with E-state index < -0.39 is 15.9 Å².